The maximum Gasteiger partial charge on any atom is 0.241 e. The molecule has 0 bridgehead atoms. The summed E-state index contributed by atoms with van der Waals surface area (Å²) in [5.41, 5.74) is 0.812. The maximum absolute atomic E-state index is 12.6. The molecule has 2 N–H and O–H groups in total. The van der Waals surface area contributed by atoms with Gasteiger partial charge in [-0.1, -0.05) is 6.92 Å². The van der Waals surface area contributed by atoms with Gasteiger partial charge in [0, 0.05) is 18.3 Å². The molecule has 1 aromatic carbocycles. The first-order chi connectivity index (χ1) is 10.7. The van der Waals surface area contributed by atoms with Gasteiger partial charge >= 0.3 is 0 Å². The van der Waals surface area contributed by atoms with E-state index in [4.69, 9.17) is 4.74 Å². The molecule has 1 aliphatic rings. The van der Waals surface area contributed by atoms with Gasteiger partial charge < -0.3 is 15.4 Å². The van der Waals surface area contributed by atoms with Gasteiger partial charge in [0.15, 0.2) is 0 Å². The van der Waals surface area contributed by atoms with Gasteiger partial charge in [-0.25, -0.2) is 0 Å². The van der Waals surface area contributed by atoms with Crippen LogP contribution in [0, 0.1) is 0 Å². The van der Waals surface area contributed by atoms with Crippen LogP contribution < -0.4 is 15.4 Å². The van der Waals surface area contributed by atoms with Gasteiger partial charge in [0.1, 0.15) is 5.75 Å². The summed E-state index contributed by atoms with van der Waals surface area (Å²) in [7, 11) is 3.63. The zero-order valence-electron chi connectivity index (χ0n) is 13.8. The Labute approximate surface area is 133 Å². The number of piperidine rings is 1. The lowest BCUT2D eigenvalue weighted by Gasteiger charge is -2.37. The summed E-state index contributed by atoms with van der Waals surface area (Å²) in [6.45, 7) is 4.00. The molecule has 5 heteroatoms. The molecular formula is C17H27N3O2. The number of hydrogen-bond donors (Lipinski definition) is 2. The van der Waals surface area contributed by atoms with E-state index in [2.05, 4.69) is 22.5 Å². The first kappa shape index (κ1) is 16.8. The number of nitrogens with zero attached hydrogens (tertiary/aromatic N) is 1. The zero-order valence-corrected chi connectivity index (χ0v) is 13.8. The predicted molar refractivity (Wildman–Crippen MR) is 89.4 cm³/mol. The van der Waals surface area contributed by atoms with E-state index in [1.807, 2.05) is 31.3 Å². The van der Waals surface area contributed by atoms with Crippen molar-refractivity contribution in [2.45, 2.75) is 38.3 Å². The van der Waals surface area contributed by atoms with Crippen molar-refractivity contribution in [3.63, 3.8) is 0 Å². The standard InChI is InChI=1S/C17H27N3O2/c1-4-16(20-11-5-6-14(12-20)18-2)17(21)19-13-7-9-15(22-3)10-8-13/h7-10,14,16,18H,4-6,11-12H2,1-3H3,(H,19,21). The first-order valence-corrected chi connectivity index (χ1v) is 8.04. The van der Waals surface area contributed by atoms with Crippen LogP contribution in [-0.4, -0.2) is 50.1 Å². The predicted octanol–water partition coefficient (Wildman–Crippen LogP) is 2.10. The highest BCUT2D eigenvalue weighted by Crippen LogP contribution is 2.18. The summed E-state index contributed by atoms with van der Waals surface area (Å²) >= 11 is 0. The number of hydrogen-bond acceptors (Lipinski definition) is 4. The minimum atomic E-state index is -0.0711. The van der Waals surface area contributed by atoms with Crippen molar-refractivity contribution in [2.75, 3.05) is 32.6 Å². The average Bonchev–Trinajstić information content (AvgIpc) is 2.56. The molecule has 2 atom stereocenters. The van der Waals surface area contributed by atoms with E-state index in [1.165, 1.54) is 6.42 Å². The fourth-order valence-corrected chi connectivity index (χ4v) is 3.03. The van der Waals surface area contributed by atoms with Crippen LogP contribution in [0.3, 0.4) is 0 Å². The van der Waals surface area contributed by atoms with E-state index in [1.54, 1.807) is 7.11 Å². The highest BCUT2D eigenvalue weighted by Gasteiger charge is 2.28. The van der Waals surface area contributed by atoms with Crippen LogP contribution in [0.1, 0.15) is 26.2 Å². The molecule has 1 amide bonds. The van der Waals surface area contributed by atoms with Gasteiger partial charge in [0.05, 0.1) is 13.2 Å². The number of ether oxygens (including phenoxy) is 1. The van der Waals surface area contributed by atoms with Crippen LogP contribution in [-0.2, 0) is 4.79 Å². The second-order valence-corrected chi connectivity index (χ2v) is 5.76. The molecule has 2 unspecified atom stereocenters. The maximum atomic E-state index is 12.6. The SMILES string of the molecule is CCC(C(=O)Nc1ccc(OC)cc1)N1CCCC(NC)C1. The van der Waals surface area contributed by atoms with Crippen molar-refractivity contribution in [1.82, 2.24) is 10.2 Å². The number of carbonyl (C=O) groups is 1. The Hall–Kier alpha value is -1.59. The average molecular weight is 305 g/mol. The molecule has 1 aliphatic heterocycles. The molecule has 5 nitrogen and oxygen atoms in total. The third-order valence-corrected chi connectivity index (χ3v) is 4.35. The van der Waals surface area contributed by atoms with Crippen LogP contribution in [0.25, 0.3) is 0 Å². The number of nitrogens with one attached hydrogen (secondary N) is 2. The van der Waals surface area contributed by atoms with Crippen molar-refractivity contribution in [3.8, 4) is 5.75 Å². The van der Waals surface area contributed by atoms with E-state index < -0.39 is 0 Å². The Morgan fingerprint density at radius 3 is 2.73 bits per heavy atom. The third-order valence-electron chi connectivity index (χ3n) is 4.35. The number of carbonyl (C=O) groups excluding carboxylic acids is 1. The van der Waals surface area contributed by atoms with Crippen LogP contribution in [0.4, 0.5) is 5.69 Å². The summed E-state index contributed by atoms with van der Waals surface area (Å²) in [5, 5.41) is 6.34. The van der Waals surface area contributed by atoms with E-state index in [-0.39, 0.29) is 11.9 Å². The minimum Gasteiger partial charge on any atom is -0.497 e. The number of rotatable bonds is 6. The number of methoxy groups -OCH3 is 1. The van der Waals surface area contributed by atoms with Crippen LogP contribution in [0.5, 0.6) is 5.75 Å². The summed E-state index contributed by atoms with van der Waals surface area (Å²) in [4.78, 5) is 14.9. The summed E-state index contributed by atoms with van der Waals surface area (Å²) in [6.07, 6.45) is 3.14. The van der Waals surface area contributed by atoms with E-state index in [0.29, 0.717) is 6.04 Å². The monoisotopic (exact) mass is 305 g/mol. The zero-order chi connectivity index (χ0) is 15.9. The van der Waals surface area contributed by atoms with Crippen molar-refractivity contribution < 1.29 is 9.53 Å². The van der Waals surface area contributed by atoms with E-state index in [9.17, 15) is 4.79 Å². The quantitative estimate of drug-likeness (QED) is 0.845. The highest BCUT2D eigenvalue weighted by atomic mass is 16.5. The molecule has 1 aromatic rings. The van der Waals surface area contributed by atoms with Gasteiger partial charge in [0.25, 0.3) is 0 Å². The molecule has 2 rings (SSSR count). The fourth-order valence-electron chi connectivity index (χ4n) is 3.03. The second kappa shape index (κ2) is 8.15. The molecule has 1 fully saturated rings. The van der Waals surface area contributed by atoms with Crippen molar-refractivity contribution in [3.05, 3.63) is 24.3 Å². The van der Waals surface area contributed by atoms with Crippen LogP contribution in [0.2, 0.25) is 0 Å². The van der Waals surface area contributed by atoms with Crippen LogP contribution >= 0.6 is 0 Å². The van der Waals surface area contributed by atoms with Gasteiger partial charge in [-0.15, -0.1) is 0 Å². The number of amides is 1. The number of likely N-dealkylation sites (tertiary alicyclic amines) is 1. The van der Waals surface area contributed by atoms with E-state index >= 15 is 0 Å². The number of benzene rings is 1. The molecule has 1 heterocycles. The summed E-state index contributed by atoms with van der Waals surface area (Å²) in [6, 6.07) is 7.87. The largest absolute Gasteiger partial charge is 0.497 e. The molecule has 1 saturated heterocycles. The van der Waals surface area contributed by atoms with Gasteiger partial charge in [0.2, 0.25) is 5.91 Å². The smallest absolute Gasteiger partial charge is 0.241 e. The lowest BCUT2D eigenvalue weighted by atomic mass is 10.0. The number of anilines is 1. The molecule has 0 saturated carbocycles. The molecule has 0 radical (unpaired) electrons. The minimum absolute atomic E-state index is 0.0711. The Kier molecular flexibility index (Phi) is 6.21. The van der Waals surface area contributed by atoms with Gasteiger partial charge in [-0.05, 0) is 57.1 Å². The van der Waals surface area contributed by atoms with Crippen molar-refractivity contribution in [1.29, 1.82) is 0 Å². The summed E-state index contributed by atoms with van der Waals surface area (Å²) in [5.74, 6) is 0.863. The molecule has 0 aliphatic carbocycles. The molecule has 0 aromatic heterocycles. The fraction of sp³-hybridized carbons (Fsp3) is 0.588. The molecular weight excluding hydrogens is 278 g/mol. The van der Waals surface area contributed by atoms with Crippen LogP contribution in [0.15, 0.2) is 24.3 Å². The van der Waals surface area contributed by atoms with Gasteiger partial charge in [-0.2, -0.15) is 0 Å². The van der Waals surface area contributed by atoms with Crippen molar-refractivity contribution >= 4 is 11.6 Å². The topological polar surface area (TPSA) is 53.6 Å². The molecule has 22 heavy (non-hydrogen) atoms. The lowest BCUT2D eigenvalue weighted by molar-refractivity contribution is -0.122. The third kappa shape index (κ3) is 4.21. The Morgan fingerprint density at radius 1 is 1.41 bits per heavy atom. The second-order valence-electron chi connectivity index (χ2n) is 5.76. The Balaban J connectivity index is 1.98. The number of likely N-dealkylation sites (N-methyl/N-ethyl adjacent to an activating group) is 1. The lowest BCUT2D eigenvalue weighted by Crippen LogP contribution is -2.52. The highest BCUT2D eigenvalue weighted by molar-refractivity contribution is 5.94. The molecule has 0 spiro atoms. The Morgan fingerprint density at radius 2 is 2.14 bits per heavy atom. The Bertz CT molecular complexity index is 475. The van der Waals surface area contributed by atoms with Crippen molar-refractivity contribution in [2.24, 2.45) is 0 Å². The normalized spacial score (nSPS) is 20.4. The summed E-state index contributed by atoms with van der Waals surface area (Å²) < 4.78 is 5.13. The van der Waals surface area contributed by atoms with Gasteiger partial charge in [-0.3, -0.25) is 9.69 Å². The first-order valence-electron chi connectivity index (χ1n) is 8.04. The van der Waals surface area contributed by atoms with E-state index in [0.717, 1.165) is 37.4 Å². The molecule has 122 valence electrons.